The van der Waals surface area contributed by atoms with E-state index in [2.05, 4.69) is 37.0 Å². The van der Waals surface area contributed by atoms with Crippen molar-refractivity contribution in [2.24, 2.45) is 5.10 Å². The minimum absolute atomic E-state index is 0.0567. The number of ether oxygens (including phenoxy) is 2. The summed E-state index contributed by atoms with van der Waals surface area (Å²) in [6.07, 6.45) is 1.54. The van der Waals surface area contributed by atoms with Crippen LogP contribution in [0.3, 0.4) is 0 Å². The summed E-state index contributed by atoms with van der Waals surface area (Å²) in [6, 6.07) is 24.4. The quantitative estimate of drug-likeness (QED) is 0.160. The second-order valence-corrected chi connectivity index (χ2v) is 10.7. The van der Waals surface area contributed by atoms with Crippen LogP contribution in [0.1, 0.15) is 11.1 Å². The predicted molar refractivity (Wildman–Crippen MR) is 163 cm³/mol. The maximum atomic E-state index is 14.0. The summed E-state index contributed by atoms with van der Waals surface area (Å²) in [4.78, 5) is 18.3. The number of rotatable bonds is 7. The van der Waals surface area contributed by atoms with E-state index in [1.807, 2.05) is 24.3 Å². The van der Waals surface area contributed by atoms with E-state index in [1.165, 1.54) is 10.7 Å². The maximum absolute atomic E-state index is 14.0. The lowest BCUT2D eigenvalue weighted by Gasteiger charge is -2.12. The van der Waals surface area contributed by atoms with E-state index >= 15 is 0 Å². The molecule has 2 heterocycles. The van der Waals surface area contributed by atoms with Gasteiger partial charge in [-0.3, -0.25) is 4.79 Å². The highest BCUT2D eigenvalue weighted by Gasteiger charge is 2.18. The van der Waals surface area contributed by atoms with Gasteiger partial charge in [-0.05, 0) is 86.0 Å². The summed E-state index contributed by atoms with van der Waals surface area (Å²) in [6.45, 7) is 0.0567. The second kappa shape index (κ2) is 11.3. The number of benzene rings is 4. The van der Waals surface area contributed by atoms with Crippen molar-refractivity contribution in [1.29, 1.82) is 0 Å². The monoisotopic (exact) mass is 675 g/mol. The summed E-state index contributed by atoms with van der Waals surface area (Å²) in [5.41, 5.74) is 1.87. The van der Waals surface area contributed by atoms with Gasteiger partial charge < -0.3 is 13.9 Å². The molecule has 0 amide bonds. The minimum atomic E-state index is -0.350. The first kappa shape index (κ1) is 26.9. The number of halogens is 3. The largest absolute Gasteiger partial charge is 0.496 e. The Kier molecular flexibility index (Phi) is 7.42. The Morgan fingerprint density at radius 2 is 1.73 bits per heavy atom. The normalized spacial score (nSPS) is 11.5. The van der Waals surface area contributed by atoms with Crippen LogP contribution in [0.2, 0.25) is 0 Å². The van der Waals surface area contributed by atoms with Gasteiger partial charge in [-0.25, -0.2) is 9.37 Å². The Hall–Kier alpha value is -4.28. The van der Waals surface area contributed by atoms with E-state index in [-0.39, 0.29) is 23.8 Å². The number of nitrogens with zero attached hydrogens (tertiary/aromatic N) is 3. The van der Waals surface area contributed by atoms with Crippen LogP contribution in [0, 0.1) is 5.82 Å². The molecule has 6 aromatic rings. The molecule has 0 aliphatic heterocycles. The molecule has 204 valence electrons. The van der Waals surface area contributed by atoms with Crippen LogP contribution in [0.5, 0.6) is 11.5 Å². The van der Waals surface area contributed by atoms with E-state index in [0.29, 0.717) is 53.8 Å². The molecule has 6 rings (SSSR count). The molecule has 7 nitrogen and oxygen atoms in total. The van der Waals surface area contributed by atoms with Gasteiger partial charge in [-0.1, -0.05) is 36.4 Å². The van der Waals surface area contributed by atoms with Gasteiger partial charge >= 0.3 is 0 Å². The molecule has 0 unspecified atom stereocenters. The zero-order valence-corrected chi connectivity index (χ0v) is 24.6. The Bertz CT molecular complexity index is 2000. The molecule has 10 heteroatoms. The highest BCUT2D eigenvalue weighted by Crippen LogP contribution is 2.36. The molecule has 41 heavy (non-hydrogen) atoms. The van der Waals surface area contributed by atoms with Crippen LogP contribution in [-0.4, -0.2) is 23.0 Å². The van der Waals surface area contributed by atoms with Crippen molar-refractivity contribution in [3.05, 3.63) is 121 Å². The third-order valence-corrected chi connectivity index (χ3v) is 7.57. The van der Waals surface area contributed by atoms with Crippen LogP contribution in [0.25, 0.3) is 33.5 Å². The van der Waals surface area contributed by atoms with Crippen molar-refractivity contribution in [3.63, 3.8) is 0 Å². The predicted octanol–water partition coefficient (Wildman–Crippen LogP) is 7.94. The molecule has 0 N–H and O–H groups in total. The van der Waals surface area contributed by atoms with Gasteiger partial charge in [0.15, 0.2) is 5.76 Å². The number of para-hydroxylation sites is 1. The summed E-state index contributed by atoms with van der Waals surface area (Å²) in [5.74, 6) is 1.42. The SMILES string of the molecule is COc1cccc2oc(-c3nc4ccccc4c(=O)n3N=Cc3cc(Br)c(OCc4ccccc4F)c(Br)c3)cc12. The van der Waals surface area contributed by atoms with Crippen LogP contribution < -0.4 is 15.0 Å². The molecule has 0 saturated carbocycles. The number of fused-ring (bicyclic) bond motifs is 2. The van der Waals surface area contributed by atoms with Crippen LogP contribution >= 0.6 is 31.9 Å². The molecule has 0 aliphatic carbocycles. The van der Waals surface area contributed by atoms with Crippen molar-refractivity contribution < 1.29 is 18.3 Å². The maximum Gasteiger partial charge on any atom is 0.282 e. The summed E-state index contributed by atoms with van der Waals surface area (Å²) < 4.78 is 33.9. The Morgan fingerprint density at radius 1 is 0.976 bits per heavy atom. The zero-order chi connectivity index (χ0) is 28.5. The number of hydrogen-bond donors (Lipinski definition) is 0. The number of furan rings is 1. The first-order chi connectivity index (χ1) is 19.9. The molecule has 0 fully saturated rings. The minimum Gasteiger partial charge on any atom is -0.496 e. The Balaban J connectivity index is 1.39. The molecular formula is C31H20Br2FN3O4. The fourth-order valence-corrected chi connectivity index (χ4v) is 5.85. The number of methoxy groups -OCH3 is 1. The van der Waals surface area contributed by atoms with Crippen LogP contribution in [0.15, 0.2) is 108 Å². The molecule has 0 aliphatic rings. The van der Waals surface area contributed by atoms with Gasteiger partial charge in [0.1, 0.15) is 29.5 Å². The average Bonchev–Trinajstić information content (AvgIpc) is 3.41. The average molecular weight is 677 g/mol. The summed E-state index contributed by atoms with van der Waals surface area (Å²) >= 11 is 7.06. The second-order valence-electron chi connectivity index (χ2n) is 8.99. The topological polar surface area (TPSA) is 78.9 Å². The highest BCUT2D eigenvalue weighted by atomic mass is 79.9. The third-order valence-electron chi connectivity index (χ3n) is 6.39. The Morgan fingerprint density at radius 3 is 2.51 bits per heavy atom. The molecular weight excluding hydrogens is 657 g/mol. The van der Waals surface area contributed by atoms with Gasteiger partial charge in [-0.15, -0.1) is 0 Å². The Labute approximate surface area is 250 Å². The molecule has 0 bridgehead atoms. The van der Waals surface area contributed by atoms with Crippen LogP contribution in [-0.2, 0) is 6.61 Å². The first-order valence-electron chi connectivity index (χ1n) is 12.4. The summed E-state index contributed by atoms with van der Waals surface area (Å²) in [7, 11) is 1.59. The van der Waals surface area contributed by atoms with Crippen molar-refractivity contribution in [3.8, 4) is 23.1 Å². The molecule has 0 atom stereocenters. The number of hydrogen-bond acceptors (Lipinski definition) is 6. The van der Waals surface area contributed by atoms with E-state index in [9.17, 15) is 9.18 Å². The van der Waals surface area contributed by atoms with E-state index in [1.54, 1.807) is 67.9 Å². The van der Waals surface area contributed by atoms with Gasteiger partial charge in [0.2, 0.25) is 5.82 Å². The van der Waals surface area contributed by atoms with E-state index in [0.717, 1.165) is 5.39 Å². The fourth-order valence-electron chi connectivity index (χ4n) is 4.39. The molecule has 0 saturated heterocycles. The molecule has 0 spiro atoms. The fraction of sp³-hybridized carbons (Fsp3) is 0.0645. The van der Waals surface area contributed by atoms with E-state index < -0.39 is 0 Å². The van der Waals surface area contributed by atoms with Crippen molar-refractivity contribution in [2.75, 3.05) is 7.11 Å². The lowest BCUT2D eigenvalue weighted by molar-refractivity contribution is 0.296. The van der Waals surface area contributed by atoms with Crippen molar-refractivity contribution >= 4 is 59.9 Å². The molecule has 4 aromatic carbocycles. The third kappa shape index (κ3) is 5.28. The first-order valence-corrected chi connectivity index (χ1v) is 14.0. The van der Waals surface area contributed by atoms with Crippen molar-refractivity contribution in [1.82, 2.24) is 9.66 Å². The smallest absolute Gasteiger partial charge is 0.282 e. The van der Waals surface area contributed by atoms with Crippen LogP contribution in [0.4, 0.5) is 4.39 Å². The van der Waals surface area contributed by atoms with Gasteiger partial charge in [-0.2, -0.15) is 9.78 Å². The lowest BCUT2D eigenvalue weighted by Crippen LogP contribution is -2.20. The number of aromatic nitrogens is 2. The van der Waals surface area contributed by atoms with E-state index in [4.69, 9.17) is 18.9 Å². The zero-order valence-electron chi connectivity index (χ0n) is 21.5. The summed E-state index contributed by atoms with van der Waals surface area (Å²) in [5, 5.41) is 5.70. The molecule has 0 radical (unpaired) electrons. The van der Waals surface area contributed by atoms with Gasteiger partial charge in [0.05, 0.1) is 38.6 Å². The van der Waals surface area contributed by atoms with Gasteiger partial charge in [0.25, 0.3) is 5.56 Å². The highest BCUT2D eigenvalue weighted by molar-refractivity contribution is 9.11. The molecule has 2 aromatic heterocycles. The standard InChI is InChI=1S/C31H20Br2FN3O4/c1-39-26-11-6-12-27-21(26)15-28(41-27)30-36-25-10-5-3-8-20(25)31(38)37(30)35-16-18-13-22(32)29(23(33)14-18)40-17-19-7-2-4-9-24(19)34/h2-16H,17H2,1H3. The van der Waals surface area contributed by atoms with Gasteiger partial charge in [0, 0.05) is 5.56 Å². The lowest BCUT2D eigenvalue weighted by atomic mass is 10.2. The van der Waals surface area contributed by atoms with Crippen molar-refractivity contribution in [2.45, 2.75) is 6.61 Å².